The second-order valence-electron chi connectivity index (χ2n) is 6.80. The molecule has 5 nitrogen and oxygen atoms in total. The number of aliphatic hydroxyl groups excluding tert-OH is 1. The van der Waals surface area contributed by atoms with E-state index in [0.29, 0.717) is 16.6 Å². The fourth-order valence-electron chi connectivity index (χ4n) is 2.75. The van der Waals surface area contributed by atoms with Crippen LogP contribution in [-0.2, 0) is 10.8 Å². The average Bonchev–Trinajstić information content (AvgIpc) is 2.51. The van der Waals surface area contributed by atoms with Gasteiger partial charge in [-0.05, 0) is 32.1 Å². The van der Waals surface area contributed by atoms with Crippen LogP contribution in [0.2, 0.25) is 0 Å². The maximum absolute atomic E-state index is 12.5. The molecular weight excluding hydrogens is 338 g/mol. The minimum atomic E-state index is -2.38. The van der Waals surface area contributed by atoms with E-state index in [1.807, 2.05) is 13.0 Å². The molecule has 1 fully saturated rings. The molecule has 0 aromatic heterocycles. The van der Waals surface area contributed by atoms with E-state index in [4.69, 9.17) is 15.9 Å². The zero-order valence-electron chi connectivity index (χ0n) is 16.0. The summed E-state index contributed by atoms with van der Waals surface area (Å²) in [7, 11) is -1.09. The van der Waals surface area contributed by atoms with Crippen LogP contribution in [0.1, 0.15) is 72.1 Å². The lowest BCUT2D eigenvalue weighted by Crippen LogP contribution is -2.42. The van der Waals surface area contributed by atoms with Crippen LogP contribution in [0.15, 0.2) is 23.1 Å². The molecule has 2 atom stereocenters. The van der Waals surface area contributed by atoms with Gasteiger partial charge in [-0.1, -0.05) is 57.8 Å². The molecule has 1 aliphatic rings. The largest absolute Gasteiger partial charge is 0.393 e. The van der Waals surface area contributed by atoms with Crippen LogP contribution in [-0.4, -0.2) is 37.3 Å². The van der Waals surface area contributed by atoms with Crippen LogP contribution in [0.25, 0.3) is 0 Å². The summed E-state index contributed by atoms with van der Waals surface area (Å²) >= 11 is 0. The first-order valence-corrected chi connectivity index (χ1v) is 10.7. The van der Waals surface area contributed by atoms with Crippen molar-refractivity contribution < 1.29 is 19.5 Å². The zero-order valence-corrected chi connectivity index (χ0v) is 16.8. The third-order valence-electron chi connectivity index (χ3n) is 3.83. The van der Waals surface area contributed by atoms with Crippen molar-refractivity contribution in [2.75, 3.05) is 5.75 Å². The Kier molecular flexibility index (Phi) is 13.4. The van der Waals surface area contributed by atoms with Crippen molar-refractivity contribution >= 4 is 10.8 Å². The summed E-state index contributed by atoms with van der Waals surface area (Å²) in [4.78, 5) is 0.686. The Morgan fingerprint density at radius 1 is 1.28 bits per heavy atom. The highest BCUT2D eigenvalue weighted by Gasteiger charge is 2.21. The maximum Gasteiger partial charge on any atom is 0.222 e. The van der Waals surface area contributed by atoms with E-state index >= 15 is 0 Å². The number of hydrogen-bond acceptors (Lipinski definition) is 5. The van der Waals surface area contributed by atoms with Crippen LogP contribution in [0.5, 0.6) is 0 Å². The Hall–Kier alpha value is -0.530. The summed E-state index contributed by atoms with van der Waals surface area (Å²) in [6.07, 6.45) is 11.4. The van der Waals surface area contributed by atoms with Gasteiger partial charge in [0.1, 0.15) is 0 Å². The summed E-state index contributed by atoms with van der Waals surface area (Å²) in [5, 5.41) is 27.9. The minimum absolute atomic E-state index is 0.191. The summed E-state index contributed by atoms with van der Waals surface area (Å²) in [5.41, 5.74) is 5.04. The topological polar surface area (TPSA) is 104 Å². The zero-order chi connectivity index (χ0) is 19.3. The van der Waals surface area contributed by atoms with Gasteiger partial charge < -0.3 is 15.3 Å². The molecule has 0 aromatic carbocycles. The summed E-state index contributed by atoms with van der Waals surface area (Å²) in [6.45, 7) is 6.11. The van der Waals surface area contributed by atoms with Crippen LogP contribution >= 0.6 is 0 Å². The molecule has 0 amide bonds. The Morgan fingerprint density at radius 3 is 2.32 bits per heavy atom. The molecule has 1 rings (SSSR count). The average molecular weight is 376 g/mol. The van der Waals surface area contributed by atoms with E-state index in [0.717, 1.165) is 12.8 Å². The van der Waals surface area contributed by atoms with Gasteiger partial charge >= 0.3 is 0 Å². The molecule has 0 aromatic rings. The third kappa shape index (κ3) is 13.3. The van der Waals surface area contributed by atoms with E-state index in [2.05, 4.69) is 13.8 Å². The number of aliphatic hydroxyl groups is 3. The fraction of sp³-hybridized carbons (Fsp3) is 0.789. The van der Waals surface area contributed by atoms with Gasteiger partial charge in [-0.15, -0.1) is 0 Å². The number of rotatable bonds is 8. The first-order chi connectivity index (χ1) is 11.7. The van der Waals surface area contributed by atoms with Crippen molar-refractivity contribution in [3.8, 4) is 0 Å². The van der Waals surface area contributed by atoms with Gasteiger partial charge in [0.15, 0.2) is 0 Å². The van der Waals surface area contributed by atoms with Gasteiger partial charge in [0, 0.05) is 17.1 Å². The van der Waals surface area contributed by atoms with Crippen molar-refractivity contribution in [2.24, 2.45) is 11.7 Å². The molecule has 0 saturated heterocycles. The van der Waals surface area contributed by atoms with E-state index in [1.54, 1.807) is 12.2 Å². The van der Waals surface area contributed by atoms with Crippen LogP contribution < -0.4 is 5.73 Å². The second kappa shape index (κ2) is 13.6. The molecular formula is C19H37NO4S. The highest BCUT2D eigenvalue weighted by Crippen LogP contribution is 2.26. The summed E-state index contributed by atoms with van der Waals surface area (Å²) < 4.78 is 12.5. The molecule has 5 N–H and O–H groups in total. The van der Waals surface area contributed by atoms with Crippen molar-refractivity contribution in [1.29, 1.82) is 0 Å². The van der Waals surface area contributed by atoms with Crippen molar-refractivity contribution in [2.45, 2.75) is 84.2 Å². The highest BCUT2D eigenvalue weighted by atomic mass is 32.2. The van der Waals surface area contributed by atoms with E-state index in [-0.39, 0.29) is 12.8 Å². The standard InChI is InChI=1S/C16H29NO4S.C3H8/c1-2-6-15(10-9-14(18)11-16(17,19)20)22(21)12-13-7-4-3-5-8-13;1-3-2/h2,6,10,13-14,18-20H,3-5,7-9,11-12,17H2,1H3;3H2,1-2H3/b6-2-,15-10+;. The second-order valence-corrected chi connectivity index (χ2v) is 8.30. The monoisotopic (exact) mass is 375 g/mol. The van der Waals surface area contributed by atoms with Gasteiger partial charge in [0.05, 0.1) is 16.9 Å². The van der Waals surface area contributed by atoms with Crippen molar-refractivity contribution in [1.82, 2.24) is 0 Å². The highest BCUT2D eigenvalue weighted by molar-refractivity contribution is 7.89. The Morgan fingerprint density at radius 2 is 1.84 bits per heavy atom. The van der Waals surface area contributed by atoms with E-state index in [1.165, 1.54) is 25.7 Å². The quantitative estimate of drug-likeness (QED) is 0.386. The minimum Gasteiger partial charge on any atom is -0.393 e. The molecule has 1 aliphatic carbocycles. The predicted octanol–water partition coefficient (Wildman–Crippen LogP) is 2.93. The molecule has 0 bridgehead atoms. The lowest BCUT2D eigenvalue weighted by molar-refractivity contribution is -0.175. The smallest absolute Gasteiger partial charge is 0.222 e. The van der Waals surface area contributed by atoms with Crippen molar-refractivity contribution in [3.05, 3.63) is 23.1 Å². The number of nitrogens with two attached hydrogens (primary N) is 1. The molecule has 0 aliphatic heterocycles. The molecule has 0 heterocycles. The first kappa shape index (κ1) is 24.5. The van der Waals surface area contributed by atoms with Gasteiger partial charge in [-0.3, -0.25) is 9.94 Å². The number of hydrogen-bond donors (Lipinski definition) is 4. The van der Waals surface area contributed by atoms with E-state index < -0.39 is 22.8 Å². The van der Waals surface area contributed by atoms with Gasteiger partial charge in [-0.25, -0.2) is 0 Å². The van der Waals surface area contributed by atoms with Crippen LogP contribution in [0, 0.1) is 5.92 Å². The lowest BCUT2D eigenvalue weighted by Gasteiger charge is -2.21. The van der Waals surface area contributed by atoms with Crippen LogP contribution in [0.3, 0.4) is 0 Å². The molecule has 2 unspecified atom stereocenters. The number of allylic oxidation sites excluding steroid dienone is 2. The first-order valence-electron chi connectivity index (χ1n) is 9.36. The van der Waals surface area contributed by atoms with Gasteiger partial charge in [-0.2, -0.15) is 0 Å². The van der Waals surface area contributed by atoms with E-state index in [9.17, 15) is 9.32 Å². The molecule has 0 radical (unpaired) electrons. The molecule has 6 heteroatoms. The predicted molar refractivity (Wildman–Crippen MR) is 105 cm³/mol. The summed E-state index contributed by atoms with van der Waals surface area (Å²) in [5.74, 6) is -1.21. The van der Waals surface area contributed by atoms with Crippen molar-refractivity contribution in [3.63, 3.8) is 0 Å². The maximum atomic E-state index is 12.5. The van der Waals surface area contributed by atoms with Gasteiger partial charge in [0.2, 0.25) is 5.91 Å². The lowest BCUT2D eigenvalue weighted by atomic mass is 9.91. The Bertz CT molecular complexity index is 424. The van der Waals surface area contributed by atoms with Crippen LogP contribution in [0.4, 0.5) is 0 Å². The molecule has 1 saturated carbocycles. The molecule has 25 heavy (non-hydrogen) atoms. The van der Waals surface area contributed by atoms with Gasteiger partial charge in [0.25, 0.3) is 0 Å². The fourth-order valence-corrected chi connectivity index (χ4v) is 4.27. The normalized spacial score (nSPS) is 19.4. The SMILES string of the molecule is C/C=C\C(=C/CC(O)CC(N)(O)O)S(=O)CC1CCCCC1.CCC. The summed E-state index contributed by atoms with van der Waals surface area (Å²) in [6, 6.07) is 0. The Labute approximate surface area is 155 Å². The molecule has 0 spiro atoms. The Balaban J connectivity index is 0.00000178. The molecule has 148 valence electrons. The third-order valence-corrected chi connectivity index (χ3v) is 5.44.